The fraction of sp³-hybridized carbons (Fsp3) is 0.438. The highest BCUT2D eigenvalue weighted by atomic mass is 16.5. The van der Waals surface area contributed by atoms with E-state index in [0.29, 0.717) is 23.5 Å². The number of aromatic nitrogens is 2. The van der Waals surface area contributed by atoms with Gasteiger partial charge in [0, 0.05) is 42.1 Å². The zero-order valence-corrected chi connectivity index (χ0v) is 12.2. The molecule has 2 N–H and O–H groups in total. The average molecular weight is 298 g/mol. The minimum absolute atomic E-state index is 0.162. The monoisotopic (exact) mass is 298 g/mol. The molecule has 1 amide bonds. The topological polar surface area (TPSA) is 80.0 Å². The van der Waals surface area contributed by atoms with Crippen LogP contribution in [-0.2, 0) is 0 Å². The molecule has 2 saturated heterocycles. The van der Waals surface area contributed by atoms with Gasteiger partial charge in [-0.2, -0.15) is 0 Å². The van der Waals surface area contributed by atoms with Crippen molar-refractivity contribution in [2.45, 2.75) is 43.8 Å². The molecule has 0 saturated carbocycles. The van der Waals surface area contributed by atoms with Crippen LogP contribution in [0.15, 0.2) is 35.1 Å². The summed E-state index contributed by atoms with van der Waals surface area (Å²) in [4.78, 5) is 16.4. The van der Waals surface area contributed by atoms with E-state index in [1.165, 1.54) is 12.8 Å². The number of rotatable bonds is 3. The number of nitrogens with zero attached hydrogens (tertiary/aromatic N) is 2. The van der Waals surface area contributed by atoms with Gasteiger partial charge in [-0.25, -0.2) is 0 Å². The summed E-state index contributed by atoms with van der Waals surface area (Å²) in [5.74, 6) is 0.397. The van der Waals surface area contributed by atoms with Crippen LogP contribution in [-0.4, -0.2) is 34.2 Å². The maximum Gasteiger partial charge on any atom is 0.273 e. The lowest BCUT2D eigenvalue weighted by Gasteiger charge is -2.29. The highest BCUT2D eigenvalue weighted by Gasteiger charge is 2.34. The predicted molar refractivity (Wildman–Crippen MR) is 80.2 cm³/mol. The lowest BCUT2D eigenvalue weighted by molar-refractivity contribution is 0.0915. The molecule has 6 heteroatoms. The molecule has 2 atom stereocenters. The molecule has 2 aromatic rings. The van der Waals surface area contributed by atoms with Crippen molar-refractivity contribution in [3.8, 4) is 11.3 Å². The first kappa shape index (κ1) is 13.5. The Hall–Kier alpha value is -2.21. The molecule has 2 aliphatic heterocycles. The number of pyridine rings is 1. The van der Waals surface area contributed by atoms with Crippen LogP contribution in [0.5, 0.6) is 0 Å². The molecule has 22 heavy (non-hydrogen) atoms. The van der Waals surface area contributed by atoms with Crippen LogP contribution in [0.25, 0.3) is 11.3 Å². The summed E-state index contributed by atoms with van der Waals surface area (Å²) in [6.45, 7) is 0. The Kier molecular flexibility index (Phi) is 3.38. The van der Waals surface area contributed by atoms with Crippen LogP contribution < -0.4 is 10.6 Å². The van der Waals surface area contributed by atoms with Gasteiger partial charge < -0.3 is 15.2 Å². The number of piperidine rings is 1. The van der Waals surface area contributed by atoms with Gasteiger partial charge in [-0.1, -0.05) is 5.16 Å². The van der Waals surface area contributed by atoms with Gasteiger partial charge >= 0.3 is 0 Å². The number of fused-ring (bicyclic) bond motifs is 2. The standard InChI is InChI=1S/C16H18N4O2/c21-16(19-13-6-11-3-4-12(7-13)18-11)14-8-15(22-20-14)10-2-1-5-17-9-10/h1-2,5,8-9,11-13,18H,3-4,6-7H2,(H,19,21). The second-order valence-electron chi connectivity index (χ2n) is 6.10. The van der Waals surface area contributed by atoms with Gasteiger partial charge in [0.15, 0.2) is 11.5 Å². The summed E-state index contributed by atoms with van der Waals surface area (Å²) in [6.07, 6.45) is 7.80. The molecule has 0 aliphatic carbocycles. The normalized spacial score (nSPS) is 26.8. The summed E-state index contributed by atoms with van der Waals surface area (Å²) >= 11 is 0. The van der Waals surface area contributed by atoms with Crippen LogP contribution in [0.4, 0.5) is 0 Å². The lowest BCUT2D eigenvalue weighted by atomic mass is 10.00. The van der Waals surface area contributed by atoms with Gasteiger partial charge in [0.05, 0.1) is 0 Å². The molecule has 4 heterocycles. The van der Waals surface area contributed by atoms with E-state index >= 15 is 0 Å². The van der Waals surface area contributed by atoms with E-state index in [4.69, 9.17) is 4.52 Å². The number of amides is 1. The van der Waals surface area contributed by atoms with Gasteiger partial charge in [0.1, 0.15) is 0 Å². The van der Waals surface area contributed by atoms with Crippen molar-refractivity contribution in [1.29, 1.82) is 0 Å². The zero-order chi connectivity index (χ0) is 14.9. The van der Waals surface area contributed by atoms with E-state index in [1.807, 2.05) is 12.1 Å². The molecule has 0 spiro atoms. The molecular weight excluding hydrogens is 280 g/mol. The fourth-order valence-corrected chi connectivity index (χ4v) is 3.46. The minimum atomic E-state index is -0.162. The summed E-state index contributed by atoms with van der Waals surface area (Å²) in [6, 6.07) is 6.69. The van der Waals surface area contributed by atoms with E-state index in [2.05, 4.69) is 20.8 Å². The molecule has 114 valence electrons. The van der Waals surface area contributed by atoms with Crippen molar-refractivity contribution in [3.63, 3.8) is 0 Å². The van der Waals surface area contributed by atoms with Gasteiger partial charge in [-0.05, 0) is 37.8 Å². The Morgan fingerprint density at radius 2 is 2.14 bits per heavy atom. The highest BCUT2D eigenvalue weighted by Crippen LogP contribution is 2.27. The number of hydrogen-bond donors (Lipinski definition) is 2. The summed E-state index contributed by atoms with van der Waals surface area (Å²) in [7, 11) is 0. The average Bonchev–Trinajstić information content (AvgIpc) is 3.15. The number of hydrogen-bond acceptors (Lipinski definition) is 5. The van der Waals surface area contributed by atoms with Crippen molar-refractivity contribution in [3.05, 3.63) is 36.3 Å². The maximum atomic E-state index is 12.3. The van der Waals surface area contributed by atoms with Gasteiger partial charge in [0.2, 0.25) is 0 Å². The SMILES string of the molecule is O=C(NC1CC2CCC(C1)N2)c1cc(-c2cccnc2)on1. The fourth-order valence-electron chi connectivity index (χ4n) is 3.46. The first-order valence-electron chi connectivity index (χ1n) is 7.72. The summed E-state index contributed by atoms with van der Waals surface area (Å²) < 4.78 is 5.25. The second kappa shape index (κ2) is 5.53. The Morgan fingerprint density at radius 3 is 2.86 bits per heavy atom. The number of nitrogens with one attached hydrogen (secondary N) is 2. The van der Waals surface area contributed by atoms with E-state index in [0.717, 1.165) is 18.4 Å². The number of carbonyl (C=O) groups excluding carboxylic acids is 1. The van der Waals surface area contributed by atoms with E-state index in [9.17, 15) is 4.79 Å². The zero-order valence-electron chi connectivity index (χ0n) is 12.2. The van der Waals surface area contributed by atoms with Crippen molar-refractivity contribution >= 4 is 5.91 Å². The van der Waals surface area contributed by atoms with Crippen molar-refractivity contribution in [2.75, 3.05) is 0 Å². The van der Waals surface area contributed by atoms with Crippen molar-refractivity contribution in [2.24, 2.45) is 0 Å². The predicted octanol–water partition coefficient (Wildman–Crippen LogP) is 1.75. The summed E-state index contributed by atoms with van der Waals surface area (Å²) in [5.41, 5.74) is 1.14. The Bertz CT molecular complexity index is 658. The summed E-state index contributed by atoms with van der Waals surface area (Å²) in [5, 5.41) is 10.5. The van der Waals surface area contributed by atoms with Crippen LogP contribution in [0.3, 0.4) is 0 Å². The van der Waals surface area contributed by atoms with Crippen LogP contribution >= 0.6 is 0 Å². The maximum absolute atomic E-state index is 12.3. The van der Waals surface area contributed by atoms with Crippen molar-refractivity contribution in [1.82, 2.24) is 20.8 Å². The molecule has 2 aliphatic rings. The number of carbonyl (C=O) groups is 1. The van der Waals surface area contributed by atoms with Gasteiger partial charge in [-0.15, -0.1) is 0 Å². The minimum Gasteiger partial charge on any atom is -0.355 e. The molecule has 2 fully saturated rings. The van der Waals surface area contributed by atoms with E-state index < -0.39 is 0 Å². The molecule has 2 aromatic heterocycles. The largest absolute Gasteiger partial charge is 0.355 e. The quantitative estimate of drug-likeness (QED) is 0.902. The molecule has 0 radical (unpaired) electrons. The van der Waals surface area contributed by atoms with Gasteiger partial charge in [0.25, 0.3) is 5.91 Å². The molecule has 2 bridgehead atoms. The first-order chi connectivity index (χ1) is 10.8. The third kappa shape index (κ3) is 2.62. The van der Waals surface area contributed by atoms with Gasteiger partial charge in [-0.3, -0.25) is 9.78 Å². The third-order valence-electron chi connectivity index (χ3n) is 4.50. The van der Waals surface area contributed by atoms with E-state index in [1.54, 1.807) is 18.5 Å². The Labute approximate surface area is 128 Å². The van der Waals surface area contributed by atoms with Crippen LogP contribution in [0, 0.1) is 0 Å². The molecule has 4 rings (SSSR count). The molecule has 6 nitrogen and oxygen atoms in total. The second-order valence-corrected chi connectivity index (χ2v) is 6.10. The highest BCUT2D eigenvalue weighted by molar-refractivity contribution is 5.93. The first-order valence-corrected chi connectivity index (χ1v) is 7.72. The van der Waals surface area contributed by atoms with Crippen LogP contribution in [0.1, 0.15) is 36.2 Å². The van der Waals surface area contributed by atoms with Crippen LogP contribution in [0.2, 0.25) is 0 Å². The lowest BCUT2D eigenvalue weighted by Crippen LogP contribution is -2.48. The smallest absolute Gasteiger partial charge is 0.273 e. The van der Waals surface area contributed by atoms with E-state index in [-0.39, 0.29) is 11.9 Å². The van der Waals surface area contributed by atoms with Crippen molar-refractivity contribution < 1.29 is 9.32 Å². The molecule has 2 unspecified atom stereocenters. The molecular formula is C16H18N4O2. The molecule has 0 aromatic carbocycles. The third-order valence-corrected chi connectivity index (χ3v) is 4.50. The Morgan fingerprint density at radius 1 is 1.32 bits per heavy atom. The Balaban J connectivity index is 1.44.